The molecule has 7 nitrogen and oxygen atoms in total. The number of aromatic amines is 1. The summed E-state index contributed by atoms with van der Waals surface area (Å²) in [6.07, 6.45) is 4.83. The maximum atomic E-state index is 14.9. The molecule has 0 atom stereocenters. The van der Waals surface area contributed by atoms with Crippen molar-refractivity contribution < 1.29 is 9.18 Å². The summed E-state index contributed by atoms with van der Waals surface area (Å²) in [6.45, 7) is 0.351. The lowest BCUT2D eigenvalue weighted by atomic mass is 10.0. The number of halogens is 3. The first-order chi connectivity index (χ1) is 17.9. The maximum Gasteiger partial charge on any atom is 0.253 e. The third-order valence-electron chi connectivity index (χ3n) is 5.93. The minimum absolute atomic E-state index is 0.157. The summed E-state index contributed by atoms with van der Waals surface area (Å²) in [5.74, 6) is -0.794. The van der Waals surface area contributed by atoms with Crippen LogP contribution in [0.15, 0.2) is 78.0 Å². The fourth-order valence-corrected chi connectivity index (χ4v) is 4.45. The fraction of sp³-hybridized carbons (Fsp3) is 0.111. The van der Waals surface area contributed by atoms with Crippen molar-refractivity contribution in [3.05, 3.63) is 127 Å². The van der Waals surface area contributed by atoms with Crippen LogP contribution >= 0.6 is 23.2 Å². The van der Waals surface area contributed by atoms with Crippen molar-refractivity contribution in [3.63, 3.8) is 0 Å². The van der Waals surface area contributed by atoms with E-state index in [9.17, 15) is 14.0 Å². The van der Waals surface area contributed by atoms with Crippen LogP contribution in [0.2, 0.25) is 10.0 Å². The Kier molecular flexibility index (Phi) is 7.03. The number of carbonyl (C=O) groups is 1. The molecule has 5 aromatic rings. The first-order valence-corrected chi connectivity index (χ1v) is 12.1. The van der Waals surface area contributed by atoms with E-state index in [4.69, 9.17) is 23.2 Å². The lowest BCUT2D eigenvalue weighted by molar-refractivity contribution is 0.0950. The molecule has 0 aliphatic carbocycles. The van der Waals surface area contributed by atoms with E-state index in [2.05, 4.69) is 20.5 Å². The number of rotatable bonds is 7. The van der Waals surface area contributed by atoms with E-state index in [-0.39, 0.29) is 31.0 Å². The highest BCUT2D eigenvalue weighted by molar-refractivity contribution is 6.31. The lowest BCUT2D eigenvalue weighted by Crippen LogP contribution is -2.23. The van der Waals surface area contributed by atoms with Gasteiger partial charge < -0.3 is 9.88 Å². The van der Waals surface area contributed by atoms with Gasteiger partial charge in [-0.05, 0) is 59.2 Å². The molecule has 186 valence electrons. The molecule has 2 N–H and O–H groups in total. The second-order valence-electron chi connectivity index (χ2n) is 8.50. The third-order valence-corrected chi connectivity index (χ3v) is 6.51. The molecular weight excluding hydrogens is 516 g/mol. The van der Waals surface area contributed by atoms with Gasteiger partial charge in [-0.2, -0.15) is 5.10 Å². The van der Waals surface area contributed by atoms with Gasteiger partial charge in [-0.1, -0.05) is 29.3 Å². The first-order valence-electron chi connectivity index (χ1n) is 11.3. The third kappa shape index (κ3) is 5.55. The zero-order chi connectivity index (χ0) is 25.9. The highest BCUT2D eigenvalue weighted by Gasteiger charge is 2.14. The molecule has 1 amide bonds. The van der Waals surface area contributed by atoms with E-state index in [0.29, 0.717) is 38.0 Å². The first kappa shape index (κ1) is 24.7. The molecule has 10 heteroatoms. The summed E-state index contributed by atoms with van der Waals surface area (Å²) in [4.78, 5) is 28.9. The quantitative estimate of drug-likeness (QED) is 0.302. The zero-order valence-electron chi connectivity index (χ0n) is 19.3. The predicted molar refractivity (Wildman–Crippen MR) is 141 cm³/mol. The lowest BCUT2D eigenvalue weighted by Gasteiger charge is -2.11. The molecule has 0 saturated heterocycles. The number of hydrogen-bond donors (Lipinski definition) is 2. The summed E-state index contributed by atoms with van der Waals surface area (Å²) in [6, 6.07) is 14.7. The van der Waals surface area contributed by atoms with Gasteiger partial charge in [0.15, 0.2) is 0 Å². The smallest absolute Gasteiger partial charge is 0.253 e. The summed E-state index contributed by atoms with van der Waals surface area (Å²) in [5, 5.41) is 11.7. The van der Waals surface area contributed by atoms with Crippen LogP contribution in [0.25, 0.3) is 10.9 Å². The second-order valence-corrected chi connectivity index (χ2v) is 9.35. The monoisotopic (exact) mass is 535 g/mol. The molecule has 0 bridgehead atoms. The van der Waals surface area contributed by atoms with E-state index in [1.54, 1.807) is 48.8 Å². The highest BCUT2D eigenvalue weighted by Crippen LogP contribution is 2.24. The van der Waals surface area contributed by atoms with Gasteiger partial charge in [-0.15, -0.1) is 0 Å². The number of nitrogens with zero attached hydrogens (tertiary/aromatic N) is 3. The average molecular weight is 536 g/mol. The molecule has 0 aliphatic rings. The van der Waals surface area contributed by atoms with Crippen LogP contribution in [-0.4, -0.2) is 25.7 Å². The number of fused-ring (bicyclic) bond motifs is 1. The Balaban J connectivity index is 1.29. The van der Waals surface area contributed by atoms with Gasteiger partial charge in [0.1, 0.15) is 5.82 Å². The Labute approximate surface area is 220 Å². The van der Waals surface area contributed by atoms with Crippen LogP contribution < -0.4 is 10.9 Å². The van der Waals surface area contributed by atoms with Crippen molar-refractivity contribution in [1.82, 2.24) is 25.1 Å². The predicted octanol–water partition coefficient (Wildman–Crippen LogP) is 5.13. The Morgan fingerprint density at radius 2 is 1.92 bits per heavy atom. The number of carbonyl (C=O) groups excluding carboxylic acids is 1. The average Bonchev–Trinajstić information content (AvgIpc) is 3.29. The van der Waals surface area contributed by atoms with Crippen LogP contribution in [0.4, 0.5) is 4.39 Å². The number of aromatic nitrogens is 4. The van der Waals surface area contributed by atoms with E-state index in [0.717, 1.165) is 10.9 Å². The van der Waals surface area contributed by atoms with Gasteiger partial charge in [-0.3, -0.25) is 19.7 Å². The molecule has 2 aromatic carbocycles. The Morgan fingerprint density at radius 3 is 2.76 bits per heavy atom. The van der Waals surface area contributed by atoms with Gasteiger partial charge in [0.2, 0.25) is 0 Å². The van der Waals surface area contributed by atoms with Crippen LogP contribution in [0.1, 0.15) is 32.7 Å². The van der Waals surface area contributed by atoms with Crippen LogP contribution in [0.3, 0.4) is 0 Å². The molecule has 0 spiro atoms. The van der Waals surface area contributed by atoms with Crippen molar-refractivity contribution >= 4 is 40.0 Å². The van der Waals surface area contributed by atoms with E-state index in [1.807, 2.05) is 6.07 Å². The maximum absolute atomic E-state index is 14.9. The molecule has 0 unspecified atom stereocenters. The summed E-state index contributed by atoms with van der Waals surface area (Å²) >= 11 is 12.5. The molecule has 37 heavy (non-hydrogen) atoms. The largest absolute Gasteiger partial charge is 0.346 e. The van der Waals surface area contributed by atoms with E-state index in [1.165, 1.54) is 22.9 Å². The zero-order valence-corrected chi connectivity index (χ0v) is 20.9. The number of amides is 1. The van der Waals surface area contributed by atoms with Crippen LogP contribution in [0.5, 0.6) is 0 Å². The van der Waals surface area contributed by atoms with E-state index >= 15 is 0 Å². The van der Waals surface area contributed by atoms with Gasteiger partial charge >= 0.3 is 0 Å². The number of hydrogen-bond acceptors (Lipinski definition) is 4. The van der Waals surface area contributed by atoms with Crippen LogP contribution in [-0.2, 0) is 19.5 Å². The Hall–Kier alpha value is -4.01. The summed E-state index contributed by atoms with van der Waals surface area (Å²) in [7, 11) is 0. The van der Waals surface area contributed by atoms with Crippen LogP contribution in [0, 0.1) is 5.82 Å². The van der Waals surface area contributed by atoms with Crippen molar-refractivity contribution in [3.8, 4) is 0 Å². The molecule has 0 radical (unpaired) electrons. The molecule has 0 aliphatic heterocycles. The van der Waals surface area contributed by atoms with Gasteiger partial charge in [0.25, 0.3) is 11.5 Å². The standard InChI is InChI=1S/C27H20Cl2FN5O2/c28-20-4-5-24-21(11-20)25(34-33-24)14-32-27(37)18-8-16(12-31-13-18)7-17-9-22(29)19(10-23(17)30)15-35-6-2-1-3-26(35)36/h1-6,8-13H,7,14-15H2,(H,32,37)(H,33,34). The molecule has 0 saturated carbocycles. The molecule has 3 aromatic heterocycles. The highest BCUT2D eigenvalue weighted by atomic mass is 35.5. The SMILES string of the molecule is O=C(NCc1n[nH]c2ccc(Cl)cc12)c1cncc(Cc2cc(Cl)c(Cn3ccccc3=O)cc2F)c1. The molecule has 3 heterocycles. The van der Waals surface area contributed by atoms with Gasteiger partial charge in [0, 0.05) is 46.5 Å². The van der Waals surface area contributed by atoms with E-state index < -0.39 is 5.82 Å². The normalized spacial score (nSPS) is 11.1. The minimum Gasteiger partial charge on any atom is -0.346 e. The van der Waals surface area contributed by atoms with Crippen molar-refractivity contribution in [2.45, 2.75) is 19.5 Å². The molecular formula is C27H20Cl2FN5O2. The van der Waals surface area contributed by atoms with Crippen molar-refractivity contribution in [2.24, 2.45) is 0 Å². The Morgan fingerprint density at radius 1 is 1.05 bits per heavy atom. The summed E-state index contributed by atoms with van der Waals surface area (Å²) in [5.41, 5.74) is 3.11. The second kappa shape index (κ2) is 10.5. The fourth-order valence-electron chi connectivity index (χ4n) is 4.03. The van der Waals surface area contributed by atoms with Crippen molar-refractivity contribution in [1.29, 1.82) is 0 Å². The molecule has 0 fully saturated rings. The number of benzene rings is 2. The number of nitrogens with one attached hydrogen (secondary N) is 2. The Bertz CT molecular complexity index is 1680. The summed E-state index contributed by atoms with van der Waals surface area (Å²) < 4.78 is 16.4. The molecule has 5 rings (SSSR count). The number of H-pyrrole nitrogens is 1. The van der Waals surface area contributed by atoms with Crippen molar-refractivity contribution in [2.75, 3.05) is 0 Å². The topological polar surface area (TPSA) is 92.7 Å². The minimum atomic E-state index is -0.456. The number of pyridine rings is 2. The van der Waals surface area contributed by atoms with Gasteiger partial charge in [-0.25, -0.2) is 4.39 Å². The van der Waals surface area contributed by atoms with Gasteiger partial charge in [0.05, 0.1) is 29.9 Å².